The fourth-order valence-electron chi connectivity index (χ4n) is 4.82. The third kappa shape index (κ3) is 7.07. The van der Waals surface area contributed by atoms with Crippen LogP contribution in [0.5, 0.6) is 5.75 Å². The molecule has 0 radical (unpaired) electrons. The van der Waals surface area contributed by atoms with Crippen molar-refractivity contribution in [1.29, 1.82) is 0 Å². The Morgan fingerprint density at radius 1 is 1.06 bits per heavy atom. The Morgan fingerprint density at radius 2 is 1.83 bits per heavy atom. The summed E-state index contributed by atoms with van der Waals surface area (Å²) in [4.78, 5) is 33.8. The molecule has 2 amide bonds. The summed E-state index contributed by atoms with van der Waals surface area (Å²) < 4.78 is 14.6. The summed E-state index contributed by atoms with van der Waals surface area (Å²) in [5, 5.41) is 0. The number of nitrogens with zero attached hydrogens (tertiary/aromatic N) is 4. The maximum Gasteiger partial charge on any atom is 0.257 e. The lowest BCUT2D eigenvalue weighted by Crippen LogP contribution is -2.34. The lowest BCUT2D eigenvalue weighted by molar-refractivity contribution is -0.130. The quantitative estimate of drug-likeness (QED) is 0.663. The number of hydrogen-bond donors (Lipinski definition) is 0. The van der Waals surface area contributed by atoms with E-state index in [2.05, 4.69) is 4.98 Å². The molecule has 2 aromatic rings. The molecule has 0 bridgehead atoms. The Balaban J connectivity index is 1.44. The van der Waals surface area contributed by atoms with Gasteiger partial charge in [0.1, 0.15) is 18.0 Å². The standard InChI is InChI=1S/C27H38N4O4/c1-29-15-8-4-2-3-5-9-18-34-24-19-31(26(32)13-10-16-30-17-14-28-21-30)20-25(24)35-23-12-7-6-11-22(23)27(29)33/h6-7,11-12,14,17,21,24-25H,2-5,8-10,13,15-16,18-20H2,1H3/t24-,25-/m1/s1. The number of rotatable bonds is 4. The molecule has 1 aromatic carbocycles. The molecule has 4 rings (SSSR count). The molecule has 2 aliphatic rings. The van der Waals surface area contributed by atoms with Crippen molar-refractivity contribution in [2.75, 3.05) is 33.3 Å². The molecular formula is C27H38N4O4. The third-order valence-corrected chi connectivity index (χ3v) is 6.90. The van der Waals surface area contributed by atoms with E-state index in [1.165, 1.54) is 12.8 Å². The van der Waals surface area contributed by atoms with Crippen molar-refractivity contribution in [1.82, 2.24) is 19.4 Å². The number of hydrogen-bond acceptors (Lipinski definition) is 5. The summed E-state index contributed by atoms with van der Waals surface area (Å²) in [5.74, 6) is 0.639. The zero-order valence-electron chi connectivity index (χ0n) is 20.8. The van der Waals surface area contributed by atoms with Crippen LogP contribution in [0.15, 0.2) is 43.0 Å². The topological polar surface area (TPSA) is 76.9 Å². The molecule has 0 aliphatic carbocycles. The van der Waals surface area contributed by atoms with E-state index in [1.54, 1.807) is 17.4 Å². The molecule has 35 heavy (non-hydrogen) atoms. The minimum Gasteiger partial charge on any atom is -0.485 e. The molecule has 1 fully saturated rings. The molecule has 2 atom stereocenters. The molecule has 1 saturated heterocycles. The number of carbonyl (C=O) groups is 2. The van der Waals surface area contributed by atoms with Crippen molar-refractivity contribution in [2.24, 2.45) is 0 Å². The predicted molar refractivity (Wildman–Crippen MR) is 133 cm³/mol. The van der Waals surface area contributed by atoms with Crippen molar-refractivity contribution < 1.29 is 19.1 Å². The van der Waals surface area contributed by atoms with Crippen LogP contribution in [-0.2, 0) is 16.1 Å². The molecule has 0 N–H and O–H groups in total. The molecule has 3 heterocycles. The van der Waals surface area contributed by atoms with E-state index >= 15 is 0 Å². The molecule has 0 saturated carbocycles. The summed E-state index contributed by atoms with van der Waals surface area (Å²) in [6.45, 7) is 3.15. The van der Waals surface area contributed by atoms with E-state index < -0.39 is 0 Å². The molecule has 190 valence electrons. The van der Waals surface area contributed by atoms with Crippen LogP contribution in [0, 0.1) is 0 Å². The Hall–Kier alpha value is -2.87. The number of benzene rings is 1. The number of fused-ring (bicyclic) bond motifs is 2. The Bertz CT molecular complexity index is 948. The number of ether oxygens (including phenoxy) is 2. The number of para-hydroxylation sites is 1. The highest BCUT2D eigenvalue weighted by atomic mass is 16.5. The second kappa shape index (κ2) is 12.7. The molecule has 0 spiro atoms. The van der Waals surface area contributed by atoms with Gasteiger partial charge in [0.2, 0.25) is 5.91 Å². The zero-order valence-corrected chi connectivity index (χ0v) is 20.8. The summed E-state index contributed by atoms with van der Waals surface area (Å²) in [5.41, 5.74) is 0.561. The van der Waals surface area contributed by atoms with Crippen LogP contribution in [0.2, 0.25) is 0 Å². The maximum absolute atomic E-state index is 13.2. The van der Waals surface area contributed by atoms with E-state index in [4.69, 9.17) is 9.47 Å². The van der Waals surface area contributed by atoms with Crippen molar-refractivity contribution in [3.8, 4) is 5.75 Å². The van der Waals surface area contributed by atoms with Gasteiger partial charge in [-0.25, -0.2) is 4.98 Å². The van der Waals surface area contributed by atoms with Gasteiger partial charge in [-0.15, -0.1) is 0 Å². The van der Waals surface area contributed by atoms with Gasteiger partial charge >= 0.3 is 0 Å². The highest BCUT2D eigenvalue weighted by Crippen LogP contribution is 2.26. The first-order valence-corrected chi connectivity index (χ1v) is 13.0. The Morgan fingerprint density at radius 3 is 2.66 bits per heavy atom. The summed E-state index contributed by atoms with van der Waals surface area (Å²) >= 11 is 0. The monoisotopic (exact) mass is 482 g/mol. The van der Waals surface area contributed by atoms with Crippen molar-refractivity contribution in [3.05, 3.63) is 48.5 Å². The van der Waals surface area contributed by atoms with Gasteiger partial charge < -0.3 is 23.8 Å². The second-order valence-corrected chi connectivity index (χ2v) is 9.61. The fourth-order valence-corrected chi connectivity index (χ4v) is 4.82. The first-order chi connectivity index (χ1) is 17.1. The third-order valence-electron chi connectivity index (χ3n) is 6.90. The minimum absolute atomic E-state index is 0.0319. The Labute approximate surface area is 208 Å². The number of imidazole rings is 1. The molecular weight excluding hydrogens is 444 g/mol. The van der Waals surface area contributed by atoms with E-state index in [1.807, 2.05) is 47.0 Å². The molecule has 0 unspecified atom stereocenters. The lowest BCUT2D eigenvalue weighted by atomic mass is 10.1. The van der Waals surface area contributed by atoms with Gasteiger partial charge in [-0.2, -0.15) is 0 Å². The SMILES string of the molecule is CN1CCCCCCCCO[C@@H]2CN(C(=O)CCCn3ccnc3)C[C@H]2Oc2ccccc2C1=O. The highest BCUT2D eigenvalue weighted by molar-refractivity contribution is 5.96. The predicted octanol–water partition coefficient (Wildman–Crippen LogP) is 3.76. The van der Waals surface area contributed by atoms with Gasteiger partial charge in [0, 0.05) is 45.6 Å². The van der Waals surface area contributed by atoms with Crippen LogP contribution in [0.3, 0.4) is 0 Å². The fraction of sp³-hybridized carbons (Fsp3) is 0.593. The van der Waals surface area contributed by atoms with Gasteiger partial charge in [-0.1, -0.05) is 37.8 Å². The first kappa shape index (κ1) is 25.2. The molecule has 2 aliphatic heterocycles. The number of likely N-dealkylation sites (tertiary alicyclic amines) is 1. The van der Waals surface area contributed by atoms with Crippen LogP contribution in [-0.4, -0.2) is 76.7 Å². The first-order valence-electron chi connectivity index (χ1n) is 13.0. The summed E-state index contributed by atoms with van der Waals surface area (Å²) in [6, 6.07) is 7.41. The maximum atomic E-state index is 13.2. The summed E-state index contributed by atoms with van der Waals surface area (Å²) in [6.07, 6.45) is 12.8. The average molecular weight is 483 g/mol. The van der Waals surface area contributed by atoms with Crippen LogP contribution in [0.1, 0.15) is 61.7 Å². The van der Waals surface area contributed by atoms with Gasteiger partial charge in [0.05, 0.1) is 25.0 Å². The van der Waals surface area contributed by atoms with Gasteiger partial charge in [0.25, 0.3) is 5.91 Å². The van der Waals surface area contributed by atoms with Crippen molar-refractivity contribution >= 4 is 11.8 Å². The van der Waals surface area contributed by atoms with Crippen LogP contribution >= 0.6 is 0 Å². The van der Waals surface area contributed by atoms with Gasteiger partial charge in [-0.05, 0) is 31.4 Å². The van der Waals surface area contributed by atoms with Crippen molar-refractivity contribution in [2.45, 2.75) is 70.1 Å². The molecule has 8 heteroatoms. The van der Waals surface area contributed by atoms with Crippen LogP contribution < -0.4 is 4.74 Å². The van der Waals surface area contributed by atoms with E-state index in [9.17, 15) is 9.59 Å². The van der Waals surface area contributed by atoms with Crippen molar-refractivity contribution in [3.63, 3.8) is 0 Å². The number of amides is 2. The average Bonchev–Trinajstić information content (AvgIpc) is 3.52. The smallest absolute Gasteiger partial charge is 0.257 e. The second-order valence-electron chi connectivity index (χ2n) is 9.61. The van der Waals surface area contributed by atoms with Crippen LogP contribution in [0.4, 0.5) is 0 Å². The largest absolute Gasteiger partial charge is 0.485 e. The van der Waals surface area contributed by atoms with Gasteiger partial charge in [-0.3, -0.25) is 9.59 Å². The Kier molecular flexibility index (Phi) is 9.17. The number of aromatic nitrogens is 2. The van der Waals surface area contributed by atoms with Gasteiger partial charge in [0.15, 0.2) is 0 Å². The normalized spacial score (nSPS) is 22.4. The van der Waals surface area contributed by atoms with E-state index in [0.717, 1.165) is 45.2 Å². The zero-order chi connectivity index (χ0) is 24.5. The summed E-state index contributed by atoms with van der Waals surface area (Å²) in [7, 11) is 1.86. The highest BCUT2D eigenvalue weighted by Gasteiger charge is 2.38. The minimum atomic E-state index is -0.306. The molecule has 8 nitrogen and oxygen atoms in total. The number of aryl methyl sites for hydroxylation is 1. The lowest BCUT2D eigenvalue weighted by Gasteiger charge is -2.24. The van der Waals surface area contributed by atoms with Crippen LogP contribution in [0.25, 0.3) is 0 Å². The van der Waals surface area contributed by atoms with E-state index in [-0.39, 0.29) is 24.0 Å². The van der Waals surface area contributed by atoms with E-state index in [0.29, 0.717) is 37.4 Å². The number of carbonyl (C=O) groups excluding carboxylic acids is 2. The molecule has 1 aromatic heterocycles.